The van der Waals surface area contributed by atoms with E-state index in [1.165, 1.54) is 36.4 Å². The number of nitrogens with one attached hydrogen (secondary N) is 2. The molecule has 43 heavy (non-hydrogen) atoms. The van der Waals surface area contributed by atoms with Crippen LogP contribution < -0.4 is 24.8 Å². The number of morpholine rings is 1. The zero-order chi connectivity index (χ0) is 30.2. The number of hydrogen-bond acceptors (Lipinski definition) is 8. The first-order valence-electron chi connectivity index (χ1n) is 13.6. The number of methoxy groups -OCH3 is 1. The Balaban J connectivity index is 1.22. The molecule has 1 aliphatic heterocycles. The maximum Gasteiger partial charge on any atom is 0.230 e. The van der Waals surface area contributed by atoms with E-state index in [0.717, 1.165) is 32.8 Å². The van der Waals surface area contributed by atoms with Crippen LogP contribution in [0.25, 0.3) is 10.9 Å². The van der Waals surface area contributed by atoms with Crippen LogP contribution in [0.15, 0.2) is 66.9 Å². The van der Waals surface area contributed by atoms with Gasteiger partial charge in [-0.1, -0.05) is 12.1 Å². The molecule has 224 valence electrons. The number of aromatic nitrogens is 1. The molecule has 3 aromatic carbocycles. The van der Waals surface area contributed by atoms with Crippen molar-refractivity contribution in [3.05, 3.63) is 84.1 Å². The first-order chi connectivity index (χ1) is 20.9. The molecule has 0 unspecified atom stereocenters. The Morgan fingerprint density at radius 1 is 1.00 bits per heavy atom. The second kappa shape index (κ2) is 14.2. The summed E-state index contributed by atoms with van der Waals surface area (Å²) >= 11 is 5.18. The fraction of sp³-hybridized carbons (Fsp3) is 0.258. The van der Waals surface area contributed by atoms with E-state index < -0.39 is 11.7 Å². The lowest BCUT2D eigenvalue weighted by Gasteiger charge is -2.26. The van der Waals surface area contributed by atoms with E-state index in [1.807, 2.05) is 0 Å². The number of rotatable bonds is 10. The molecule has 1 saturated heterocycles. The monoisotopic (exact) mass is 608 g/mol. The van der Waals surface area contributed by atoms with Crippen molar-refractivity contribution in [3.8, 4) is 23.0 Å². The Bertz CT molecular complexity index is 1600. The first-order valence-corrected chi connectivity index (χ1v) is 14.0. The van der Waals surface area contributed by atoms with Crippen LogP contribution in [-0.2, 0) is 16.0 Å². The van der Waals surface area contributed by atoms with Gasteiger partial charge in [-0.3, -0.25) is 14.7 Å². The Hall–Kier alpha value is -4.39. The molecule has 0 saturated carbocycles. The van der Waals surface area contributed by atoms with Crippen molar-refractivity contribution >= 4 is 39.8 Å². The number of anilines is 1. The Morgan fingerprint density at radius 3 is 2.53 bits per heavy atom. The lowest BCUT2D eigenvalue weighted by atomic mass is 10.1. The third kappa shape index (κ3) is 8.13. The smallest absolute Gasteiger partial charge is 0.230 e. The van der Waals surface area contributed by atoms with Crippen molar-refractivity contribution in [1.29, 1.82) is 0 Å². The molecule has 5 rings (SSSR count). The highest BCUT2D eigenvalue weighted by Crippen LogP contribution is 2.37. The summed E-state index contributed by atoms with van der Waals surface area (Å²) in [5.41, 5.74) is 1.54. The van der Waals surface area contributed by atoms with Crippen molar-refractivity contribution in [1.82, 2.24) is 15.2 Å². The van der Waals surface area contributed by atoms with Crippen LogP contribution in [0.4, 0.5) is 14.5 Å². The molecule has 1 amide bonds. The maximum atomic E-state index is 15.1. The van der Waals surface area contributed by atoms with Gasteiger partial charge in [0.2, 0.25) is 5.91 Å². The lowest BCUT2D eigenvalue weighted by Crippen LogP contribution is -2.38. The van der Waals surface area contributed by atoms with Gasteiger partial charge in [-0.15, -0.1) is 0 Å². The van der Waals surface area contributed by atoms with Gasteiger partial charge in [0, 0.05) is 49.0 Å². The van der Waals surface area contributed by atoms with Crippen molar-refractivity contribution in [2.75, 3.05) is 51.9 Å². The van der Waals surface area contributed by atoms with E-state index in [4.69, 9.17) is 31.2 Å². The summed E-state index contributed by atoms with van der Waals surface area (Å²) < 4.78 is 51.0. The molecule has 2 heterocycles. The summed E-state index contributed by atoms with van der Waals surface area (Å²) in [6, 6.07) is 15.0. The number of halogens is 2. The van der Waals surface area contributed by atoms with Gasteiger partial charge in [0.1, 0.15) is 18.2 Å². The summed E-state index contributed by atoms with van der Waals surface area (Å²) in [6.45, 7) is 4.42. The third-order valence-electron chi connectivity index (χ3n) is 6.70. The molecule has 1 aromatic heterocycles. The summed E-state index contributed by atoms with van der Waals surface area (Å²) in [7, 11) is 1.55. The van der Waals surface area contributed by atoms with Crippen LogP contribution >= 0.6 is 12.2 Å². The van der Waals surface area contributed by atoms with Crippen LogP contribution in [-0.4, -0.2) is 67.5 Å². The number of nitrogens with zero attached hydrogens (tertiary/aromatic N) is 2. The van der Waals surface area contributed by atoms with Gasteiger partial charge in [-0.25, -0.2) is 8.78 Å². The topological polar surface area (TPSA) is 94.2 Å². The fourth-order valence-electron chi connectivity index (χ4n) is 4.50. The Kier molecular flexibility index (Phi) is 9.92. The second-order valence-corrected chi connectivity index (χ2v) is 10.1. The number of fused-ring (bicyclic) bond motifs is 1. The zero-order valence-corrected chi connectivity index (χ0v) is 24.2. The highest BCUT2D eigenvalue weighted by molar-refractivity contribution is 7.80. The predicted molar refractivity (Wildman–Crippen MR) is 162 cm³/mol. The molecule has 0 bridgehead atoms. The van der Waals surface area contributed by atoms with E-state index in [-0.39, 0.29) is 23.1 Å². The van der Waals surface area contributed by atoms with E-state index in [9.17, 15) is 9.18 Å². The van der Waals surface area contributed by atoms with Crippen LogP contribution in [0, 0.1) is 11.6 Å². The molecule has 1 fully saturated rings. The minimum atomic E-state index is -0.648. The SMILES string of the molecule is COc1cc2c(Oc3ccc(NC(=S)NC(=O)Cc4ccc(F)cc4)cc3F)ccnc2cc1OCCN1CCOCC1. The summed E-state index contributed by atoms with van der Waals surface area (Å²) in [5.74, 6) is -0.0132. The first kappa shape index (κ1) is 30.1. The average molecular weight is 609 g/mol. The molecular formula is C31H30F2N4O5S. The van der Waals surface area contributed by atoms with E-state index in [2.05, 4.69) is 20.5 Å². The number of amides is 1. The molecule has 0 atom stereocenters. The highest BCUT2D eigenvalue weighted by Gasteiger charge is 2.16. The third-order valence-corrected chi connectivity index (χ3v) is 6.90. The molecule has 9 nitrogen and oxygen atoms in total. The summed E-state index contributed by atoms with van der Waals surface area (Å²) in [5, 5.41) is 5.92. The second-order valence-electron chi connectivity index (χ2n) is 9.68. The molecule has 0 spiro atoms. The summed E-state index contributed by atoms with van der Waals surface area (Å²) in [6.07, 6.45) is 1.58. The van der Waals surface area contributed by atoms with E-state index in [1.54, 1.807) is 37.6 Å². The minimum Gasteiger partial charge on any atom is -0.493 e. The molecule has 4 aromatic rings. The number of carbonyl (C=O) groups excluding carboxylic acids is 1. The summed E-state index contributed by atoms with van der Waals surface area (Å²) in [4.78, 5) is 19.0. The van der Waals surface area contributed by atoms with Gasteiger partial charge in [-0.2, -0.15) is 0 Å². The van der Waals surface area contributed by atoms with Gasteiger partial charge in [0.15, 0.2) is 28.2 Å². The van der Waals surface area contributed by atoms with Crippen LogP contribution in [0.5, 0.6) is 23.0 Å². The van der Waals surface area contributed by atoms with Crippen LogP contribution in [0.2, 0.25) is 0 Å². The number of thiocarbonyl (C=S) groups is 1. The van der Waals surface area contributed by atoms with Gasteiger partial charge >= 0.3 is 0 Å². The largest absolute Gasteiger partial charge is 0.493 e. The van der Waals surface area contributed by atoms with Gasteiger partial charge < -0.3 is 29.6 Å². The van der Waals surface area contributed by atoms with E-state index in [0.29, 0.717) is 46.0 Å². The van der Waals surface area contributed by atoms with Crippen LogP contribution in [0.3, 0.4) is 0 Å². The van der Waals surface area contributed by atoms with Crippen LogP contribution in [0.1, 0.15) is 5.56 Å². The number of hydrogen-bond donors (Lipinski definition) is 2. The molecule has 12 heteroatoms. The van der Waals surface area contributed by atoms with Crippen molar-refractivity contribution in [3.63, 3.8) is 0 Å². The predicted octanol–water partition coefficient (Wildman–Crippen LogP) is 5.08. The number of ether oxygens (including phenoxy) is 4. The van der Waals surface area contributed by atoms with Gasteiger partial charge in [0.25, 0.3) is 0 Å². The zero-order valence-electron chi connectivity index (χ0n) is 23.4. The standard InChI is InChI=1S/C31H30F2N4O5S/c1-39-28-18-23-25(19-29(28)41-15-12-37-10-13-40-14-11-37)34-9-8-26(23)42-27-7-6-22(17-24(27)33)35-31(43)36-30(38)16-20-2-4-21(32)5-3-20/h2-9,17-19H,10-16H2,1H3,(H2,35,36,38,43). The lowest BCUT2D eigenvalue weighted by molar-refractivity contribution is -0.119. The molecule has 0 radical (unpaired) electrons. The van der Waals surface area contributed by atoms with Crippen molar-refractivity contribution < 1.29 is 32.5 Å². The van der Waals surface area contributed by atoms with Crippen molar-refractivity contribution in [2.45, 2.75) is 6.42 Å². The Morgan fingerprint density at radius 2 is 1.79 bits per heavy atom. The van der Waals surface area contributed by atoms with E-state index >= 15 is 4.39 Å². The quantitative estimate of drug-likeness (QED) is 0.239. The molecule has 1 aliphatic rings. The Labute approximate surface area is 252 Å². The normalized spacial score (nSPS) is 13.4. The number of carbonyl (C=O) groups is 1. The number of pyridine rings is 1. The molecular weight excluding hydrogens is 578 g/mol. The highest BCUT2D eigenvalue weighted by atomic mass is 32.1. The van der Waals surface area contributed by atoms with Crippen molar-refractivity contribution in [2.24, 2.45) is 0 Å². The molecule has 2 N–H and O–H groups in total. The van der Waals surface area contributed by atoms with Gasteiger partial charge in [-0.05, 0) is 54.2 Å². The fourth-order valence-corrected chi connectivity index (χ4v) is 4.73. The molecule has 0 aliphatic carbocycles. The average Bonchev–Trinajstić information content (AvgIpc) is 3.00. The minimum absolute atomic E-state index is 0.00429. The number of benzene rings is 3. The van der Waals surface area contributed by atoms with Gasteiger partial charge in [0.05, 0.1) is 32.3 Å². The maximum absolute atomic E-state index is 15.1.